The van der Waals surface area contributed by atoms with Crippen molar-refractivity contribution in [3.05, 3.63) is 102 Å². The first-order chi connectivity index (χ1) is 13.0. The maximum atomic E-state index is 15.1. The van der Waals surface area contributed by atoms with E-state index in [2.05, 4.69) is 4.98 Å². The minimum Gasteiger partial charge on any atom is -0.257 e. The molecule has 0 saturated carbocycles. The Morgan fingerprint density at radius 3 is 2.30 bits per heavy atom. The highest BCUT2D eigenvalue weighted by Crippen LogP contribution is 2.25. The van der Waals surface area contributed by atoms with E-state index >= 15 is 4.39 Å². The fourth-order valence-corrected chi connectivity index (χ4v) is 3.85. The van der Waals surface area contributed by atoms with Gasteiger partial charge in [-0.1, -0.05) is 54.1 Å². The first-order valence-corrected chi connectivity index (χ1v) is 9.82. The third-order valence-electron chi connectivity index (χ3n) is 3.97. The lowest BCUT2D eigenvalue weighted by Gasteiger charge is -2.22. The van der Waals surface area contributed by atoms with Crippen molar-refractivity contribution in [1.29, 1.82) is 0 Å². The van der Waals surface area contributed by atoms with Crippen molar-refractivity contribution in [2.75, 3.05) is 0 Å². The van der Waals surface area contributed by atoms with Crippen LogP contribution in [0.25, 0.3) is 6.08 Å². The molecule has 1 aromatic heterocycles. The predicted octanol–water partition coefficient (Wildman–Crippen LogP) is 4.55. The summed E-state index contributed by atoms with van der Waals surface area (Å²) >= 11 is 0. The lowest BCUT2D eigenvalue weighted by atomic mass is 10.2. The van der Waals surface area contributed by atoms with Crippen molar-refractivity contribution in [2.24, 2.45) is 0 Å². The molecule has 0 aliphatic rings. The van der Waals surface area contributed by atoms with Gasteiger partial charge in [-0.25, -0.2) is 12.7 Å². The van der Waals surface area contributed by atoms with Gasteiger partial charge in [-0.2, -0.15) is 4.39 Å². The largest absolute Gasteiger partial charge is 0.266 e. The Kier molecular flexibility index (Phi) is 5.66. The number of nitrogens with zero attached hydrogens (tertiary/aromatic N) is 2. The molecule has 138 valence electrons. The highest BCUT2D eigenvalue weighted by molar-refractivity contribution is 7.89. The van der Waals surface area contributed by atoms with E-state index in [4.69, 9.17) is 0 Å². The summed E-state index contributed by atoms with van der Waals surface area (Å²) in [6.45, 7) is 1.74. The SMILES string of the molecule is Cc1ccc(S(=O)(=O)N(Cc2ccccc2)/C(F)=C/c2ccccn2)cc1. The van der Waals surface area contributed by atoms with Gasteiger partial charge in [0.1, 0.15) is 0 Å². The molecule has 27 heavy (non-hydrogen) atoms. The number of pyridine rings is 1. The van der Waals surface area contributed by atoms with E-state index in [1.54, 1.807) is 54.6 Å². The molecule has 0 spiro atoms. The smallest absolute Gasteiger partial charge is 0.257 e. The number of hydrogen-bond acceptors (Lipinski definition) is 3. The Bertz CT molecular complexity index is 1020. The summed E-state index contributed by atoms with van der Waals surface area (Å²) in [6, 6.07) is 20.3. The van der Waals surface area contributed by atoms with E-state index in [1.165, 1.54) is 18.3 Å². The van der Waals surface area contributed by atoms with Crippen LogP contribution in [0.4, 0.5) is 4.39 Å². The molecule has 4 nitrogen and oxygen atoms in total. The monoisotopic (exact) mass is 382 g/mol. The van der Waals surface area contributed by atoms with Gasteiger partial charge in [0.05, 0.1) is 17.1 Å². The van der Waals surface area contributed by atoms with Gasteiger partial charge in [-0.3, -0.25) is 4.98 Å². The van der Waals surface area contributed by atoms with E-state index in [0.29, 0.717) is 11.3 Å². The molecule has 2 aromatic carbocycles. The van der Waals surface area contributed by atoms with Gasteiger partial charge >= 0.3 is 0 Å². The van der Waals surface area contributed by atoms with Gasteiger partial charge in [-0.15, -0.1) is 0 Å². The lowest BCUT2D eigenvalue weighted by molar-refractivity contribution is 0.384. The fourth-order valence-electron chi connectivity index (χ4n) is 2.52. The minimum atomic E-state index is -4.07. The van der Waals surface area contributed by atoms with E-state index < -0.39 is 16.0 Å². The Balaban J connectivity index is 2.04. The zero-order valence-electron chi connectivity index (χ0n) is 14.8. The predicted molar refractivity (Wildman–Crippen MR) is 104 cm³/mol. The molecule has 0 unspecified atom stereocenters. The molecule has 1 heterocycles. The van der Waals surface area contributed by atoms with Crippen LogP contribution in [0.15, 0.2) is 89.8 Å². The van der Waals surface area contributed by atoms with Crippen LogP contribution in [0.3, 0.4) is 0 Å². The lowest BCUT2D eigenvalue weighted by Crippen LogP contribution is -2.28. The van der Waals surface area contributed by atoms with Gasteiger partial charge in [0.25, 0.3) is 10.0 Å². The zero-order chi connectivity index (χ0) is 19.3. The van der Waals surface area contributed by atoms with Crippen LogP contribution >= 0.6 is 0 Å². The van der Waals surface area contributed by atoms with E-state index in [1.807, 2.05) is 13.0 Å². The molecule has 0 amide bonds. The highest BCUT2D eigenvalue weighted by Gasteiger charge is 2.27. The Hall–Kier alpha value is -2.99. The average Bonchev–Trinajstić information content (AvgIpc) is 2.68. The quantitative estimate of drug-likeness (QED) is 0.588. The van der Waals surface area contributed by atoms with Crippen LogP contribution in [0.2, 0.25) is 0 Å². The van der Waals surface area contributed by atoms with Crippen molar-refractivity contribution < 1.29 is 12.8 Å². The molecule has 3 rings (SSSR count). The Morgan fingerprint density at radius 2 is 1.67 bits per heavy atom. The highest BCUT2D eigenvalue weighted by atomic mass is 32.2. The molecule has 0 fully saturated rings. The number of sulfonamides is 1. The zero-order valence-corrected chi connectivity index (χ0v) is 15.6. The molecule has 0 radical (unpaired) electrons. The maximum absolute atomic E-state index is 15.1. The first-order valence-electron chi connectivity index (χ1n) is 8.38. The standard InChI is InChI=1S/C21H19FN2O2S/c1-17-10-12-20(13-11-17)27(25,26)24(16-18-7-3-2-4-8-18)21(22)15-19-9-5-6-14-23-19/h2-15H,16H2,1H3/b21-15+. The van der Waals surface area contributed by atoms with Crippen LogP contribution in [-0.4, -0.2) is 17.7 Å². The molecule has 0 bridgehead atoms. The first kappa shape index (κ1) is 18.8. The van der Waals surface area contributed by atoms with Crippen molar-refractivity contribution >= 4 is 16.1 Å². The third-order valence-corrected chi connectivity index (χ3v) is 5.72. The number of benzene rings is 2. The van der Waals surface area contributed by atoms with Crippen molar-refractivity contribution in [3.8, 4) is 0 Å². The van der Waals surface area contributed by atoms with E-state index in [0.717, 1.165) is 15.9 Å². The average molecular weight is 382 g/mol. The van der Waals surface area contributed by atoms with Gasteiger partial charge in [-0.05, 0) is 36.8 Å². The summed E-state index contributed by atoms with van der Waals surface area (Å²) in [7, 11) is -4.07. The van der Waals surface area contributed by atoms with Crippen molar-refractivity contribution in [3.63, 3.8) is 0 Å². The van der Waals surface area contributed by atoms with Crippen molar-refractivity contribution in [1.82, 2.24) is 9.29 Å². The molecule has 6 heteroatoms. The van der Waals surface area contributed by atoms with Gasteiger partial charge in [0.15, 0.2) is 0 Å². The fraction of sp³-hybridized carbons (Fsp3) is 0.0952. The number of halogens is 1. The summed E-state index contributed by atoms with van der Waals surface area (Å²) in [4.78, 5) is 4.07. The maximum Gasteiger partial charge on any atom is 0.266 e. The van der Waals surface area contributed by atoms with E-state index in [9.17, 15) is 8.42 Å². The second-order valence-electron chi connectivity index (χ2n) is 6.03. The number of rotatable bonds is 6. The number of aryl methyl sites for hydroxylation is 1. The van der Waals surface area contributed by atoms with Gasteiger partial charge < -0.3 is 0 Å². The van der Waals surface area contributed by atoms with E-state index in [-0.39, 0.29) is 11.4 Å². The minimum absolute atomic E-state index is 0.0357. The Morgan fingerprint density at radius 1 is 1.00 bits per heavy atom. The third kappa shape index (κ3) is 4.60. The number of aromatic nitrogens is 1. The summed E-state index contributed by atoms with van der Waals surface area (Å²) in [5.41, 5.74) is 1.94. The number of hydrogen-bond donors (Lipinski definition) is 0. The van der Waals surface area contributed by atoms with Crippen molar-refractivity contribution in [2.45, 2.75) is 18.4 Å². The second kappa shape index (κ2) is 8.14. The molecule has 0 aliphatic heterocycles. The topological polar surface area (TPSA) is 50.3 Å². The van der Waals surface area contributed by atoms with Gasteiger partial charge in [0.2, 0.25) is 5.95 Å². The van der Waals surface area contributed by atoms with Crippen LogP contribution in [-0.2, 0) is 16.6 Å². The summed E-state index contributed by atoms with van der Waals surface area (Å²) < 4.78 is 42.0. The molecule has 3 aromatic rings. The summed E-state index contributed by atoms with van der Waals surface area (Å²) in [5, 5.41) is 0. The molecule has 0 saturated heterocycles. The molecular weight excluding hydrogens is 363 g/mol. The molecular formula is C21H19FN2O2S. The Labute approximate surface area is 158 Å². The van der Waals surface area contributed by atoms with Crippen LogP contribution < -0.4 is 0 Å². The molecule has 0 N–H and O–H groups in total. The normalized spacial score (nSPS) is 12.0. The van der Waals surface area contributed by atoms with Gasteiger partial charge in [0, 0.05) is 12.3 Å². The molecule has 0 atom stereocenters. The van der Waals surface area contributed by atoms with Crippen LogP contribution in [0.1, 0.15) is 16.8 Å². The summed E-state index contributed by atoms with van der Waals surface area (Å²) in [5.74, 6) is -0.891. The van der Waals surface area contributed by atoms with Crippen LogP contribution in [0, 0.1) is 6.92 Å². The summed E-state index contributed by atoms with van der Waals surface area (Å²) in [6.07, 6.45) is 2.64. The molecule has 0 aliphatic carbocycles. The second-order valence-corrected chi connectivity index (χ2v) is 7.89. The van der Waals surface area contributed by atoms with Crippen LogP contribution in [0.5, 0.6) is 0 Å².